The largest absolute Gasteiger partial charge is 0.460 e. The lowest BCUT2D eigenvalue weighted by Gasteiger charge is -2.30. The van der Waals surface area contributed by atoms with Gasteiger partial charge in [-0.15, -0.1) is 0 Å². The fourth-order valence-electron chi connectivity index (χ4n) is 2.38. The lowest BCUT2D eigenvalue weighted by Crippen LogP contribution is -2.30. The Kier molecular flexibility index (Phi) is 4.07. The first-order valence-electron chi connectivity index (χ1n) is 6.27. The van der Waals surface area contributed by atoms with Crippen LogP contribution in [0.5, 0.6) is 6.01 Å². The number of carbonyl (C=O) groups is 1. The van der Waals surface area contributed by atoms with Gasteiger partial charge in [-0.3, -0.25) is 4.79 Å². The normalized spacial score (nSPS) is 24.3. The molecule has 17 heavy (non-hydrogen) atoms. The third-order valence-corrected chi connectivity index (χ3v) is 3.40. The van der Waals surface area contributed by atoms with Gasteiger partial charge in [-0.25, -0.2) is 9.97 Å². The molecule has 4 heteroatoms. The molecule has 0 aliphatic heterocycles. The van der Waals surface area contributed by atoms with Gasteiger partial charge in [0.25, 0.3) is 0 Å². The third-order valence-electron chi connectivity index (χ3n) is 3.40. The van der Waals surface area contributed by atoms with E-state index in [1.165, 1.54) is 31.7 Å². The quantitative estimate of drug-likeness (QED) is 0.751. The fraction of sp³-hybridized carbons (Fsp3) is 0.615. The van der Waals surface area contributed by atoms with E-state index in [0.717, 1.165) is 19.1 Å². The van der Waals surface area contributed by atoms with Gasteiger partial charge in [-0.1, -0.05) is 13.3 Å². The highest BCUT2D eigenvalue weighted by Gasteiger charge is 2.25. The molecule has 92 valence electrons. The molecule has 2 rings (SSSR count). The van der Waals surface area contributed by atoms with Crippen LogP contribution < -0.4 is 4.74 Å². The van der Waals surface area contributed by atoms with Gasteiger partial charge in [0.15, 0.2) is 6.29 Å². The van der Waals surface area contributed by atoms with Gasteiger partial charge in [0.05, 0.1) is 5.56 Å². The summed E-state index contributed by atoms with van der Waals surface area (Å²) >= 11 is 0. The van der Waals surface area contributed by atoms with Crippen molar-refractivity contribution in [3.05, 3.63) is 18.0 Å². The summed E-state index contributed by atoms with van der Waals surface area (Å²) in [5, 5.41) is 0. The van der Waals surface area contributed by atoms with Gasteiger partial charge in [0, 0.05) is 12.4 Å². The van der Waals surface area contributed by atoms with E-state index in [-0.39, 0.29) is 6.10 Å². The molecule has 1 aliphatic rings. The van der Waals surface area contributed by atoms with E-state index in [1.54, 1.807) is 0 Å². The van der Waals surface area contributed by atoms with Crippen molar-refractivity contribution >= 4 is 6.29 Å². The van der Waals surface area contributed by atoms with Gasteiger partial charge >= 0.3 is 6.01 Å². The number of aromatic nitrogens is 2. The molecule has 1 aromatic heterocycles. The predicted octanol–water partition coefficient (Wildman–Crippen LogP) is 2.64. The molecule has 0 bridgehead atoms. The van der Waals surface area contributed by atoms with Gasteiger partial charge < -0.3 is 4.74 Å². The molecule has 0 saturated heterocycles. The number of nitrogens with zero attached hydrogens (tertiary/aromatic N) is 2. The van der Waals surface area contributed by atoms with Crippen molar-refractivity contribution < 1.29 is 9.53 Å². The summed E-state index contributed by atoms with van der Waals surface area (Å²) in [7, 11) is 0. The van der Waals surface area contributed by atoms with Gasteiger partial charge in [-0.05, 0) is 31.6 Å². The first-order valence-corrected chi connectivity index (χ1v) is 6.27. The Morgan fingerprint density at radius 1 is 1.35 bits per heavy atom. The van der Waals surface area contributed by atoms with E-state index >= 15 is 0 Å². The molecular weight excluding hydrogens is 216 g/mol. The topological polar surface area (TPSA) is 52.1 Å². The predicted molar refractivity (Wildman–Crippen MR) is 64.1 cm³/mol. The first kappa shape index (κ1) is 12.0. The molecular formula is C13H18N2O2. The van der Waals surface area contributed by atoms with Crippen LogP contribution in [0.4, 0.5) is 0 Å². The minimum atomic E-state index is 0.232. The molecule has 0 aromatic carbocycles. The van der Waals surface area contributed by atoms with Crippen LogP contribution in [0.1, 0.15) is 49.4 Å². The van der Waals surface area contributed by atoms with Gasteiger partial charge in [0.2, 0.25) is 0 Å². The van der Waals surface area contributed by atoms with E-state index in [2.05, 4.69) is 16.9 Å². The van der Waals surface area contributed by atoms with Crippen molar-refractivity contribution in [2.45, 2.75) is 45.1 Å². The van der Waals surface area contributed by atoms with Crippen LogP contribution in [0.3, 0.4) is 0 Å². The van der Waals surface area contributed by atoms with E-state index in [9.17, 15) is 4.79 Å². The standard InChI is InChI=1S/C13H18N2O2/c1-2-11-5-3-4-6-12(11)17-13-14-7-10(9-16)8-15-13/h7-9,11-12H,2-6H2,1H3. The molecule has 1 aromatic rings. The lowest BCUT2D eigenvalue weighted by molar-refractivity contribution is 0.0808. The number of rotatable bonds is 4. The molecule has 1 saturated carbocycles. The van der Waals surface area contributed by atoms with E-state index < -0.39 is 0 Å². The van der Waals surface area contributed by atoms with Crippen molar-refractivity contribution in [1.29, 1.82) is 0 Å². The summed E-state index contributed by atoms with van der Waals surface area (Å²) < 4.78 is 5.82. The first-order chi connectivity index (χ1) is 8.33. The maximum Gasteiger partial charge on any atom is 0.316 e. The van der Waals surface area contributed by atoms with Crippen molar-refractivity contribution in [3.8, 4) is 6.01 Å². The van der Waals surface area contributed by atoms with Crippen LogP contribution in [-0.2, 0) is 0 Å². The summed E-state index contributed by atoms with van der Waals surface area (Å²) in [4.78, 5) is 18.6. The molecule has 1 heterocycles. The Balaban J connectivity index is 2.00. The molecule has 2 atom stereocenters. The fourth-order valence-corrected chi connectivity index (χ4v) is 2.38. The molecule has 0 N–H and O–H groups in total. The maximum atomic E-state index is 10.5. The van der Waals surface area contributed by atoms with Gasteiger partial charge in [-0.2, -0.15) is 0 Å². The number of ether oxygens (including phenoxy) is 1. The Hall–Kier alpha value is -1.45. The number of hydrogen-bond acceptors (Lipinski definition) is 4. The van der Waals surface area contributed by atoms with Crippen LogP contribution in [0, 0.1) is 5.92 Å². The second-order valence-corrected chi connectivity index (χ2v) is 4.53. The lowest BCUT2D eigenvalue weighted by atomic mass is 9.85. The summed E-state index contributed by atoms with van der Waals surface area (Å²) in [6, 6.07) is 0.390. The van der Waals surface area contributed by atoms with E-state index in [1.807, 2.05) is 0 Å². The number of hydrogen-bond donors (Lipinski definition) is 0. The van der Waals surface area contributed by atoms with E-state index in [0.29, 0.717) is 17.5 Å². The zero-order valence-electron chi connectivity index (χ0n) is 10.1. The van der Waals surface area contributed by atoms with Gasteiger partial charge in [0.1, 0.15) is 6.10 Å². The van der Waals surface area contributed by atoms with Crippen molar-refractivity contribution in [3.63, 3.8) is 0 Å². The molecule has 0 amide bonds. The van der Waals surface area contributed by atoms with Crippen LogP contribution in [0.15, 0.2) is 12.4 Å². The summed E-state index contributed by atoms with van der Waals surface area (Å²) in [6.45, 7) is 2.20. The zero-order chi connectivity index (χ0) is 12.1. The second-order valence-electron chi connectivity index (χ2n) is 4.53. The van der Waals surface area contributed by atoms with Crippen LogP contribution in [0.2, 0.25) is 0 Å². The Morgan fingerprint density at radius 2 is 2.06 bits per heavy atom. The van der Waals surface area contributed by atoms with Crippen molar-refractivity contribution in [1.82, 2.24) is 9.97 Å². The molecule has 2 unspecified atom stereocenters. The highest BCUT2D eigenvalue weighted by atomic mass is 16.5. The summed E-state index contributed by atoms with van der Waals surface area (Å²) in [6.07, 6.45) is 9.92. The Labute approximate surface area is 101 Å². The molecule has 1 aliphatic carbocycles. The van der Waals surface area contributed by atoms with Crippen LogP contribution in [-0.4, -0.2) is 22.4 Å². The average molecular weight is 234 g/mol. The van der Waals surface area contributed by atoms with E-state index in [4.69, 9.17) is 4.74 Å². The zero-order valence-corrected chi connectivity index (χ0v) is 10.1. The molecule has 0 radical (unpaired) electrons. The van der Waals surface area contributed by atoms with Crippen LogP contribution >= 0.6 is 0 Å². The van der Waals surface area contributed by atoms with Crippen LogP contribution in [0.25, 0.3) is 0 Å². The Morgan fingerprint density at radius 3 is 2.71 bits per heavy atom. The highest BCUT2D eigenvalue weighted by molar-refractivity contribution is 5.73. The summed E-state index contributed by atoms with van der Waals surface area (Å²) in [5.41, 5.74) is 0.480. The average Bonchev–Trinajstić information content (AvgIpc) is 2.40. The molecule has 1 fully saturated rings. The SMILES string of the molecule is CCC1CCCCC1Oc1ncc(C=O)cn1. The molecule has 4 nitrogen and oxygen atoms in total. The maximum absolute atomic E-state index is 10.5. The number of carbonyl (C=O) groups excluding carboxylic acids is 1. The van der Waals surface area contributed by atoms with Crippen molar-refractivity contribution in [2.24, 2.45) is 5.92 Å². The van der Waals surface area contributed by atoms with Crippen molar-refractivity contribution in [2.75, 3.05) is 0 Å². The Bertz CT molecular complexity index is 364. The second kappa shape index (κ2) is 5.75. The minimum absolute atomic E-state index is 0.232. The monoisotopic (exact) mass is 234 g/mol. The minimum Gasteiger partial charge on any atom is -0.460 e. The smallest absolute Gasteiger partial charge is 0.316 e. The molecule has 0 spiro atoms. The summed E-state index contributed by atoms with van der Waals surface area (Å²) in [5.74, 6) is 0.609. The number of aldehydes is 1. The third kappa shape index (κ3) is 3.02. The highest BCUT2D eigenvalue weighted by Crippen LogP contribution is 2.29.